The molecule has 1 fully saturated rings. The standard InChI is InChI=1S/C13H18BrNO3/c1-8-10(14)11(18-15-8)13(5-6-13)7-9(16)17-12(2,3)4/h5-7H2,1-4H3. The maximum absolute atomic E-state index is 11.9. The molecule has 100 valence electrons. The molecular weight excluding hydrogens is 298 g/mol. The molecule has 0 saturated heterocycles. The monoisotopic (exact) mass is 315 g/mol. The second-order valence-corrected chi connectivity index (χ2v) is 6.75. The van der Waals surface area contributed by atoms with Crippen molar-refractivity contribution >= 4 is 21.9 Å². The van der Waals surface area contributed by atoms with Crippen molar-refractivity contribution in [3.63, 3.8) is 0 Å². The Morgan fingerprint density at radius 1 is 1.50 bits per heavy atom. The Hall–Kier alpha value is -0.840. The van der Waals surface area contributed by atoms with Gasteiger partial charge in [0.1, 0.15) is 5.60 Å². The second kappa shape index (κ2) is 4.37. The number of nitrogens with zero attached hydrogens (tertiary/aromatic N) is 1. The Morgan fingerprint density at radius 3 is 2.50 bits per heavy atom. The average molecular weight is 316 g/mol. The lowest BCUT2D eigenvalue weighted by Crippen LogP contribution is -2.26. The molecule has 1 aromatic heterocycles. The summed E-state index contributed by atoms with van der Waals surface area (Å²) in [4.78, 5) is 11.9. The van der Waals surface area contributed by atoms with Gasteiger partial charge >= 0.3 is 5.97 Å². The highest BCUT2D eigenvalue weighted by molar-refractivity contribution is 9.10. The van der Waals surface area contributed by atoms with Crippen molar-refractivity contribution in [3.05, 3.63) is 15.9 Å². The van der Waals surface area contributed by atoms with Crippen molar-refractivity contribution < 1.29 is 14.1 Å². The normalized spacial score (nSPS) is 17.6. The van der Waals surface area contributed by atoms with Gasteiger partial charge in [-0.25, -0.2) is 0 Å². The van der Waals surface area contributed by atoms with Crippen molar-refractivity contribution in [2.24, 2.45) is 0 Å². The summed E-state index contributed by atoms with van der Waals surface area (Å²) in [6, 6.07) is 0. The highest BCUT2D eigenvalue weighted by atomic mass is 79.9. The van der Waals surface area contributed by atoms with E-state index in [0.29, 0.717) is 6.42 Å². The van der Waals surface area contributed by atoms with Crippen LogP contribution in [-0.4, -0.2) is 16.7 Å². The molecule has 0 aromatic carbocycles. The van der Waals surface area contributed by atoms with E-state index in [1.165, 1.54) is 0 Å². The first-order chi connectivity index (χ1) is 8.23. The molecule has 1 aliphatic rings. The summed E-state index contributed by atoms with van der Waals surface area (Å²) < 4.78 is 11.6. The minimum Gasteiger partial charge on any atom is -0.460 e. The summed E-state index contributed by atoms with van der Waals surface area (Å²) >= 11 is 3.47. The van der Waals surface area contributed by atoms with Crippen molar-refractivity contribution in [2.75, 3.05) is 0 Å². The van der Waals surface area contributed by atoms with E-state index in [9.17, 15) is 4.79 Å². The molecule has 2 rings (SSSR count). The van der Waals surface area contributed by atoms with E-state index in [0.717, 1.165) is 28.8 Å². The van der Waals surface area contributed by atoms with Crippen molar-refractivity contribution in [2.45, 2.75) is 58.0 Å². The zero-order chi connectivity index (χ0) is 13.6. The van der Waals surface area contributed by atoms with Gasteiger partial charge in [-0.05, 0) is 56.5 Å². The molecule has 0 atom stereocenters. The van der Waals surface area contributed by atoms with Crippen LogP contribution in [0.5, 0.6) is 0 Å². The minimum atomic E-state index is -0.443. The first kappa shape index (κ1) is 13.6. The zero-order valence-electron chi connectivity index (χ0n) is 11.2. The van der Waals surface area contributed by atoms with Crippen LogP contribution < -0.4 is 0 Å². The molecule has 1 aromatic rings. The topological polar surface area (TPSA) is 52.3 Å². The number of halogens is 1. The summed E-state index contributed by atoms with van der Waals surface area (Å²) in [7, 11) is 0. The first-order valence-corrected chi connectivity index (χ1v) is 6.87. The third-order valence-electron chi connectivity index (χ3n) is 3.03. The fourth-order valence-electron chi connectivity index (χ4n) is 1.98. The molecule has 0 unspecified atom stereocenters. The Labute approximate surface area is 115 Å². The lowest BCUT2D eigenvalue weighted by atomic mass is 9.99. The molecule has 4 nitrogen and oxygen atoms in total. The molecule has 0 radical (unpaired) electrons. The van der Waals surface area contributed by atoms with E-state index in [4.69, 9.17) is 9.26 Å². The highest BCUT2D eigenvalue weighted by Gasteiger charge is 2.51. The molecule has 0 N–H and O–H groups in total. The quantitative estimate of drug-likeness (QED) is 0.801. The highest BCUT2D eigenvalue weighted by Crippen LogP contribution is 2.53. The van der Waals surface area contributed by atoms with Gasteiger partial charge in [-0.2, -0.15) is 0 Å². The summed E-state index contributed by atoms with van der Waals surface area (Å²) in [6.07, 6.45) is 2.25. The summed E-state index contributed by atoms with van der Waals surface area (Å²) in [5.41, 5.74) is 0.171. The SMILES string of the molecule is Cc1noc(C2(CC(=O)OC(C)(C)C)CC2)c1Br. The summed E-state index contributed by atoms with van der Waals surface area (Å²) in [5.74, 6) is 0.604. The maximum atomic E-state index is 11.9. The third-order valence-corrected chi connectivity index (χ3v) is 3.96. The molecule has 1 saturated carbocycles. The van der Waals surface area contributed by atoms with Gasteiger partial charge in [0.2, 0.25) is 0 Å². The van der Waals surface area contributed by atoms with Gasteiger partial charge in [-0.15, -0.1) is 0 Å². The van der Waals surface area contributed by atoms with Crippen LogP contribution in [-0.2, 0) is 14.9 Å². The Bertz CT molecular complexity index is 469. The number of aromatic nitrogens is 1. The minimum absolute atomic E-state index is 0.180. The molecule has 0 bridgehead atoms. The van der Waals surface area contributed by atoms with Gasteiger partial charge in [-0.3, -0.25) is 4.79 Å². The smallest absolute Gasteiger partial charge is 0.307 e. The number of hydrogen-bond donors (Lipinski definition) is 0. The van der Waals surface area contributed by atoms with Gasteiger partial charge in [0.15, 0.2) is 5.76 Å². The Balaban J connectivity index is 2.10. The number of hydrogen-bond acceptors (Lipinski definition) is 4. The number of ether oxygens (including phenoxy) is 1. The van der Waals surface area contributed by atoms with Crippen LogP contribution in [0.4, 0.5) is 0 Å². The van der Waals surface area contributed by atoms with Crippen LogP contribution in [0.1, 0.15) is 51.5 Å². The third kappa shape index (κ3) is 2.76. The average Bonchev–Trinajstić information content (AvgIpc) is 2.87. The second-order valence-electron chi connectivity index (χ2n) is 5.95. The molecule has 18 heavy (non-hydrogen) atoms. The number of esters is 1. The number of carbonyl (C=O) groups excluding carboxylic acids is 1. The fraction of sp³-hybridized carbons (Fsp3) is 0.692. The van der Waals surface area contributed by atoms with Crippen LogP contribution in [0.15, 0.2) is 9.00 Å². The van der Waals surface area contributed by atoms with Gasteiger partial charge in [0, 0.05) is 5.41 Å². The van der Waals surface area contributed by atoms with Gasteiger partial charge in [0.05, 0.1) is 16.6 Å². The fourth-order valence-corrected chi connectivity index (χ4v) is 2.54. The molecule has 1 heterocycles. The Morgan fingerprint density at radius 2 is 2.11 bits per heavy atom. The van der Waals surface area contributed by atoms with E-state index in [1.54, 1.807) is 0 Å². The van der Waals surface area contributed by atoms with E-state index in [1.807, 2.05) is 27.7 Å². The van der Waals surface area contributed by atoms with Crippen molar-refractivity contribution in [1.29, 1.82) is 0 Å². The largest absolute Gasteiger partial charge is 0.460 e. The van der Waals surface area contributed by atoms with Crippen LogP contribution in [0.2, 0.25) is 0 Å². The van der Waals surface area contributed by atoms with E-state index in [2.05, 4.69) is 21.1 Å². The number of carbonyl (C=O) groups is 1. The van der Waals surface area contributed by atoms with E-state index >= 15 is 0 Å². The number of rotatable bonds is 3. The molecule has 0 aliphatic heterocycles. The lowest BCUT2D eigenvalue weighted by Gasteiger charge is -2.21. The molecule has 1 aliphatic carbocycles. The van der Waals surface area contributed by atoms with Crippen molar-refractivity contribution in [1.82, 2.24) is 5.16 Å². The van der Waals surface area contributed by atoms with Crippen LogP contribution in [0, 0.1) is 6.92 Å². The Kier molecular flexibility index (Phi) is 3.30. The van der Waals surface area contributed by atoms with Crippen LogP contribution >= 0.6 is 15.9 Å². The predicted octanol–water partition coefficient (Wildman–Crippen LogP) is 3.51. The molecule has 0 amide bonds. The molecular formula is C13H18BrNO3. The molecule has 5 heteroatoms. The summed E-state index contributed by atoms with van der Waals surface area (Å²) in [5, 5.41) is 3.93. The van der Waals surface area contributed by atoms with E-state index in [-0.39, 0.29) is 11.4 Å². The predicted molar refractivity (Wildman–Crippen MR) is 70.3 cm³/mol. The van der Waals surface area contributed by atoms with Gasteiger partial charge in [0.25, 0.3) is 0 Å². The zero-order valence-corrected chi connectivity index (χ0v) is 12.8. The van der Waals surface area contributed by atoms with Crippen LogP contribution in [0.3, 0.4) is 0 Å². The summed E-state index contributed by atoms with van der Waals surface area (Å²) in [6.45, 7) is 7.50. The van der Waals surface area contributed by atoms with E-state index < -0.39 is 5.60 Å². The van der Waals surface area contributed by atoms with Gasteiger partial charge in [-0.1, -0.05) is 5.16 Å². The maximum Gasteiger partial charge on any atom is 0.307 e. The molecule has 0 spiro atoms. The van der Waals surface area contributed by atoms with Gasteiger partial charge < -0.3 is 9.26 Å². The first-order valence-electron chi connectivity index (χ1n) is 6.08. The number of aryl methyl sites for hydroxylation is 1. The lowest BCUT2D eigenvalue weighted by molar-refractivity contribution is -0.155. The van der Waals surface area contributed by atoms with Crippen LogP contribution in [0.25, 0.3) is 0 Å². The van der Waals surface area contributed by atoms with Crippen molar-refractivity contribution in [3.8, 4) is 0 Å².